The van der Waals surface area contributed by atoms with E-state index in [2.05, 4.69) is 33.7 Å². The minimum atomic E-state index is 0. The molecule has 2 aromatic carbocycles. The Balaban J connectivity index is 0.00000132. The van der Waals surface area contributed by atoms with E-state index in [4.69, 9.17) is 4.52 Å². The lowest BCUT2D eigenvalue weighted by Crippen LogP contribution is -2.08. The second-order valence-electron chi connectivity index (χ2n) is 5.17. The second kappa shape index (κ2) is 5.84. The van der Waals surface area contributed by atoms with Crippen LogP contribution in [-0.2, 0) is 0 Å². The van der Waals surface area contributed by atoms with Crippen molar-refractivity contribution in [1.29, 1.82) is 0 Å². The van der Waals surface area contributed by atoms with Crippen LogP contribution in [0, 0.1) is 0 Å². The zero-order chi connectivity index (χ0) is 13.4. The van der Waals surface area contributed by atoms with Gasteiger partial charge in [0.1, 0.15) is 0 Å². The molecule has 1 saturated heterocycles. The molecule has 0 radical (unpaired) electrons. The summed E-state index contributed by atoms with van der Waals surface area (Å²) in [6.07, 6.45) is 1.07. The highest BCUT2D eigenvalue weighted by atomic mass is 35.5. The van der Waals surface area contributed by atoms with Crippen LogP contribution in [0.15, 0.2) is 47.0 Å². The van der Waals surface area contributed by atoms with Gasteiger partial charge in [0.2, 0.25) is 11.7 Å². The van der Waals surface area contributed by atoms with Gasteiger partial charge in [-0.2, -0.15) is 4.98 Å². The Morgan fingerprint density at radius 1 is 1.10 bits per heavy atom. The molecule has 4 nitrogen and oxygen atoms in total. The van der Waals surface area contributed by atoms with Gasteiger partial charge in [-0.25, -0.2) is 0 Å². The van der Waals surface area contributed by atoms with Crippen molar-refractivity contribution in [1.82, 2.24) is 15.5 Å². The van der Waals surface area contributed by atoms with Crippen LogP contribution in [0.25, 0.3) is 22.2 Å². The van der Waals surface area contributed by atoms with Crippen molar-refractivity contribution in [2.45, 2.75) is 12.3 Å². The van der Waals surface area contributed by atoms with Crippen molar-refractivity contribution in [3.05, 3.63) is 48.4 Å². The highest BCUT2D eigenvalue weighted by Gasteiger charge is 2.23. The highest BCUT2D eigenvalue weighted by molar-refractivity contribution is 5.94. The minimum absolute atomic E-state index is 0. The van der Waals surface area contributed by atoms with Crippen LogP contribution in [0.2, 0.25) is 0 Å². The van der Waals surface area contributed by atoms with Gasteiger partial charge >= 0.3 is 0 Å². The molecule has 0 unspecified atom stereocenters. The molecule has 0 saturated carbocycles. The van der Waals surface area contributed by atoms with Crippen molar-refractivity contribution in [2.75, 3.05) is 13.1 Å². The largest absolute Gasteiger partial charge is 0.339 e. The average Bonchev–Trinajstić information content (AvgIpc) is 3.17. The first-order valence-electron chi connectivity index (χ1n) is 6.94. The van der Waals surface area contributed by atoms with Gasteiger partial charge in [0.25, 0.3) is 0 Å². The summed E-state index contributed by atoms with van der Waals surface area (Å²) in [6, 6.07) is 14.4. The van der Waals surface area contributed by atoms with Crippen molar-refractivity contribution in [3.63, 3.8) is 0 Å². The predicted octanol–water partition coefficient (Wildman–Crippen LogP) is 3.39. The van der Waals surface area contributed by atoms with Gasteiger partial charge in [-0.3, -0.25) is 0 Å². The summed E-state index contributed by atoms with van der Waals surface area (Å²) in [5.41, 5.74) is 1.03. The maximum Gasteiger partial charge on any atom is 0.231 e. The van der Waals surface area contributed by atoms with E-state index in [-0.39, 0.29) is 12.4 Å². The molecule has 5 heteroatoms. The first-order chi connectivity index (χ1) is 9.92. The summed E-state index contributed by atoms with van der Waals surface area (Å²) < 4.78 is 5.45. The molecule has 0 amide bonds. The quantitative estimate of drug-likeness (QED) is 0.788. The molecule has 4 rings (SSSR count). The molecule has 2 heterocycles. The molecule has 1 N–H and O–H groups in total. The third-order valence-electron chi connectivity index (χ3n) is 3.88. The Hall–Kier alpha value is -1.91. The average molecular weight is 302 g/mol. The Labute approximate surface area is 129 Å². The van der Waals surface area contributed by atoms with Gasteiger partial charge < -0.3 is 9.84 Å². The van der Waals surface area contributed by atoms with Crippen molar-refractivity contribution in [3.8, 4) is 11.4 Å². The number of benzene rings is 2. The molecule has 1 fully saturated rings. The molecule has 1 aliphatic heterocycles. The summed E-state index contributed by atoms with van der Waals surface area (Å²) in [6.45, 7) is 1.95. The van der Waals surface area contributed by atoms with E-state index in [1.165, 1.54) is 5.39 Å². The van der Waals surface area contributed by atoms with E-state index in [0.717, 1.165) is 36.4 Å². The van der Waals surface area contributed by atoms with Crippen molar-refractivity contribution in [2.24, 2.45) is 0 Å². The monoisotopic (exact) mass is 301 g/mol. The fourth-order valence-corrected chi connectivity index (χ4v) is 2.80. The Kier molecular flexibility index (Phi) is 3.90. The molecule has 0 spiro atoms. The second-order valence-corrected chi connectivity index (χ2v) is 5.17. The topological polar surface area (TPSA) is 51.0 Å². The molecule has 3 aromatic rings. The maximum absolute atomic E-state index is 5.45. The Bertz CT molecular complexity index is 745. The smallest absolute Gasteiger partial charge is 0.231 e. The summed E-state index contributed by atoms with van der Waals surface area (Å²) >= 11 is 0. The lowest BCUT2D eigenvalue weighted by atomic mass is 10.0. The van der Waals surface area contributed by atoms with Gasteiger partial charge in [0.15, 0.2) is 0 Å². The lowest BCUT2D eigenvalue weighted by molar-refractivity contribution is 0.359. The van der Waals surface area contributed by atoms with Crippen molar-refractivity contribution < 1.29 is 4.52 Å². The van der Waals surface area contributed by atoms with E-state index in [1.54, 1.807) is 0 Å². The highest BCUT2D eigenvalue weighted by Crippen LogP contribution is 2.28. The van der Waals surface area contributed by atoms with E-state index in [9.17, 15) is 0 Å². The fourth-order valence-electron chi connectivity index (χ4n) is 2.80. The van der Waals surface area contributed by atoms with Crippen LogP contribution in [0.3, 0.4) is 0 Å². The van der Waals surface area contributed by atoms with E-state index < -0.39 is 0 Å². The van der Waals surface area contributed by atoms with Crippen LogP contribution in [0.1, 0.15) is 18.2 Å². The van der Waals surface area contributed by atoms with Crippen LogP contribution < -0.4 is 5.32 Å². The number of hydrogen-bond acceptors (Lipinski definition) is 4. The maximum atomic E-state index is 5.45. The molecular formula is C16H16ClN3O. The molecule has 0 bridgehead atoms. The summed E-state index contributed by atoms with van der Waals surface area (Å²) in [4.78, 5) is 4.59. The third-order valence-corrected chi connectivity index (χ3v) is 3.88. The summed E-state index contributed by atoms with van der Waals surface area (Å²) in [7, 11) is 0. The summed E-state index contributed by atoms with van der Waals surface area (Å²) in [5.74, 6) is 1.79. The first-order valence-corrected chi connectivity index (χ1v) is 6.94. The molecule has 108 valence electrons. The summed E-state index contributed by atoms with van der Waals surface area (Å²) in [5, 5.41) is 9.84. The van der Waals surface area contributed by atoms with Gasteiger partial charge in [0.05, 0.1) is 5.92 Å². The first kappa shape index (κ1) is 14.0. The molecule has 1 aromatic heterocycles. The van der Waals surface area contributed by atoms with Crippen LogP contribution >= 0.6 is 12.4 Å². The van der Waals surface area contributed by atoms with Gasteiger partial charge in [0, 0.05) is 12.1 Å². The van der Waals surface area contributed by atoms with Crippen LogP contribution in [0.4, 0.5) is 0 Å². The number of halogens is 1. The van der Waals surface area contributed by atoms with Gasteiger partial charge in [-0.05, 0) is 23.7 Å². The molecule has 0 aliphatic carbocycles. The molecule has 21 heavy (non-hydrogen) atoms. The normalized spacial score (nSPS) is 17.8. The minimum Gasteiger partial charge on any atom is -0.339 e. The van der Waals surface area contributed by atoms with Crippen LogP contribution in [-0.4, -0.2) is 23.2 Å². The van der Waals surface area contributed by atoms with Crippen molar-refractivity contribution >= 4 is 23.2 Å². The third kappa shape index (κ3) is 2.52. The Morgan fingerprint density at radius 2 is 1.95 bits per heavy atom. The fraction of sp³-hybridized carbons (Fsp3) is 0.250. The number of nitrogens with zero attached hydrogens (tertiary/aromatic N) is 2. The van der Waals surface area contributed by atoms with E-state index in [0.29, 0.717) is 11.7 Å². The van der Waals surface area contributed by atoms with Gasteiger partial charge in [-0.15, -0.1) is 12.4 Å². The number of hydrogen-bond donors (Lipinski definition) is 1. The standard InChI is InChI=1S/C16H15N3O.ClH/c1-2-6-13-11(4-1)5-3-7-14(13)15-18-16(20-19-15)12-8-9-17-10-12;/h1-7,12,17H,8-10H2;1H/t12-;/m0./s1. The zero-order valence-corrected chi connectivity index (χ0v) is 12.3. The Morgan fingerprint density at radius 3 is 2.81 bits per heavy atom. The number of nitrogens with one attached hydrogen (secondary N) is 1. The zero-order valence-electron chi connectivity index (χ0n) is 11.5. The number of fused-ring (bicyclic) bond motifs is 1. The van der Waals surface area contributed by atoms with Gasteiger partial charge in [-0.1, -0.05) is 47.6 Å². The molecular weight excluding hydrogens is 286 g/mol. The number of rotatable bonds is 2. The SMILES string of the molecule is Cl.c1ccc2c(-c3noc([C@H]4CCNC4)n3)cccc2c1. The lowest BCUT2D eigenvalue weighted by Gasteiger charge is -2.02. The predicted molar refractivity (Wildman–Crippen MR) is 84.7 cm³/mol. The number of aromatic nitrogens is 2. The molecule has 1 aliphatic rings. The van der Waals surface area contributed by atoms with Crippen LogP contribution in [0.5, 0.6) is 0 Å². The van der Waals surface area contributed by atoms with E-state index in [1.807, 2.05) is 24.3 Å². The van der Waals surface area contributed by atoms with E-state index >= 15 is 0 Å². The molecule has 1 atom stereocenters.